The normalized spacial score (nSPS) is 21.6. The third-order valence-electron chi connectivity index (χ3n) is 5.19. The fourth-order valence-electron chi connectivity index (χ4n) is 3.79. The second-order valence-corrected chi connectivity index (χ2v) is 7.24. The minimum Gasteiger partial charge on any atom is -0.490 e. The highest BCUT2D eigenvalue weighted by Crippen LogP contribution is 2.38. The van der Waals surface area contributed by atoms with Gasteiger partial charge in [-0.3, -0.25) is 0 Å². The average molecular weight is 525 g/mol. The van der Waals surface area contributed by atoms with E-state index in [2.05, 4.69) is 15.0 Å². The highest BCUT2D eigenvalue weighted by Gasteiger charge is 2.42. The van der Waals surface area contributed by atoms with E-state index in [0.29, 0.717) is 18.9 Å². The Hall–Kier alpha value is -1.36. The molecule has 1 spiro atoms. The van der Waals surface area contributed by atoms with Crippen molar-refractivity contribution in [1.29, 1.82) is 0 Å². The van der Waals surface area contributed by atoms with Gasteiger partial charge in [-0.05, 0) is 44.4 Å². The summed E-state index contributed by atoms with van der Waals surface area (Å²) in [7, 11) is 0. The first-order valence-electron chi connectivity index (χ1n) is 9.87. The molecular weight excluding hydrogens is 495 g/mol. The molecule has 1 atom stereocenters. The van der Waals surface area contributed by atoms with Crippen LogP contribution in [0.25, 0.3) is 0 Å². The quantitative estimate of drug-likeness (QED) is 0.333. The monoisotopic (exact) mass is 525 g/mol. The summed E-state index contributed by atoms with van der Waals surface area (Å²) >= 11 is 0. The van der Waals surface area contributed by atoms with E-state index in [1.165, 1.54) is 6.07 Å². The summed E-state index contributed by atoms with van der Waals surface area (Å²) in [4.78, 5) is 7.05. The van der Waals surface area contributed by atoms with E-state index in [4.69, 9.17) is 14.5 Å². The number of benzene rings is 1. The molecule has 0 radical (unpaired) electrons. The second kappa shape index (κ2) is 11.1. The third-order valence-corrected chi connectivity index (χ3v) is 5.19. The van der Waals surface area contributed by atoms with E-state index in [0.717, 1.165) is 57.2 Å². The molecule has 1 unspecified atom stereocenters. The van der Waals surface area contributed by atoms with Crippen molar-refractivity contribution in [2.75, 3.05) is 39.5 Å². The number of alkyl halides is 2. The molecule has 6 nitrogen and oxygen atoms in total. The van der Waals surface area contributed by atoms with Crippen LogP contribution in [-0.2, 0) is 11.3 Å². The second-order valence-electron chi connectivity index (χ2n) is 7.24. The molecular formula is C20H30F2IN3O3. The summed E-state index contributed by atoms with van der Waals surface area (Å²) in [6, 6.07) is 4.96. The molecule has 0 bridgehead atoms. The van der Waals surface area contributed by atoms with Crippen LogP contribution >= 0.6 is 24.0 Å². The number of rotatable bonds is 7. The Morgan fingerprint density at radius 3 is 2.79 bits per heavy atom. The zero-order valence-electron chi connectivity index (χ0n) is 17.0. The van der Waals surface area contributed by atoms with Gasteiger partial charge in [0.25, 0.3) is 0 Å². The number of nitrogens with one attached hydrogen (secondary N) is 1. The van der Waals surface area contributed by atoms with Gasteiger partial charge in [-0.2, -0.15) is 8.78 Å². The maximum absolute atomic E-state index is 12.6. The number of ether oxygens (including phenoxy) is 3. The number of hydrogen-bond acceptors (Lipinski definition) is 4. The van der Waals surface area contributed by atoms with Gasteiger partial charge in [-0.15, -0.1) is 24.0 Å². The van der Waals surface area contributed by atoms with Crippen LogP contribution in [0.1, 0.15) is 32.3 Å². The van der Waals surface area contributed by atoms with Gasteiger partial charge in [0.15, 0.2) is 17.5 Å². The van der Waals surface area contributed by atoms with E-state index in [1.54, 1.807) is 19.1 Å². The zero-order chi connectivity index (χ0) is 20.0. The van der Waals surface area contributed by atoms with Gasteiger partial charge in [-0.1, -0.05) is 6.07 Å². The first-order chi connectivity index (χ1) is 13.5. The summed E-state index contributed by atoms with van der Waals surface area (Å²) < 4.78 is 40.7. The molecule has 1 aromatic rings. The van der Waals surface area contributed by atoms with Crippen LogP contribution in [0.3, 0.4) is 0 Å². The molecule has 0 amide bonds. The lowest BCUT2D eigenvalue weighted by molar-refractivity contribution is -0.0514. The predicted octanol–water partition coefficient (Wildman–Crippen LogP) is 3.88. The van der Waals surface area contributed by atoms with Gasteiger partial charge < -0.3 is 24.4 Å². The first kappa shape index (κ1) is 23.9. The molecule has 3 rings (SSSR count). The van der Waals surface area contributed by atoms with Crippen LogP contribution in [0.4, 0.5) is 8.78 Å². The summed E-state index contributed by atoms with van der Waals surface area (Å²) in [6.45, 7) is 6.12. The van der Waals surface area contributed by atoms with Crippen molar-refractivity contribution in [3.8, 4) is 11.5 Å². The Morgan fingerprint density at radius 2 is 2.14 bits per heavy atom. The fourth-order valence-corrected chi connectivity index (χ4v) is 3.79. The Morgan fingerprint density at radius 1 is 1.31 bits per heavy atom. The molecule has 1 N–H and O–H groups in total. The minimum absolute atomic E-state index is 0. The number of nitrogens with zero attached hydrogens (tertiary/aromatic N) is 2. The van der Waals surface area contributed by atoms with Crippen LogP contribution in [0.2, 0.25) is 0 Å². The summed E-state index contributed by atoms with van der Waals surface area (Å²) in [5.41, 5.74) is 1.13. The van der Waals surface area contributed by atoms with Crippen molar-refractivity contribution in [1.82, 2.24) is 10.2 Å². The van der Waals surface area contributed by atoms with Crippen LogP contribution in [-0.4, -0.2) is 56.9 Å². The predicted molar refractivity (Wildman–Crippen MR) is 119 cm³/mol. The van der Waals surface area contributed by atoms with E-state index >= 15 is 0 Å². The summed E-state index contributed by atoms with van der Waals surface area (Å²) in [6.07, 6.45) is 2.22. The maximum Gasteiger partial charge on any atom is 0.387 e. The number of likely N-dealkylation sites (tertiary alicyclic amines) is 1. The van der Waals surface area contributed by atoms with Crippen LogP contribution in [0.5, 0.6) is 11.5 Å². The molecule has 0 aromatic heterocycles. The molecule has 2 aliphatic rings. The Labute approximate surface area is 188 Å². The number of guanidine groups is 1. The van der Waals surface area contributed by atoms with Crippen molar-refractivity contribution in [2.45, 2.75) is 39.8 Å². The Balaban J connectivity index is 0.00000300. The topological polar surface area (TPSA) is 55.3 Å². The first-order valence-corrected chi connectivity index (χ1v) is 9.87. The molecule has 2 saturated heterocycles. The lowest BCUT2D eigenvalue weighted by atomic mass is 9.87. The number of hydrogen-bond donors (Lipinski definition) is 1. The zero-order valence-corrected chi connectivity index (χ0v) is 19.3. The smallest absolute Gasteiger partial charge is 0.387 e. The van der Waals surface area contributed by atoms with E-state index < -0.39 is 6.61 Å². The lowest BCUT2D eigenvalue weighted by Gasteiger charge is -2.25. The van der Waals surface area contributed by atoms with E-state index in [-0.39, 0.29) is 35.1 Å². The van der Waals surface area contributed by atoms with Crippen molar-refractivity contribution in [3.05, 3.63) is 23.8 Å². The third kappa shape index (κ3) is 6.31. The Bertz CT molecular complexity index is 685. The molecule has 0 aliphatic carbocycles. The minimum atomic E-state index is -2.88. The molecule has 29 heavy (non-hydrogen) atoms. The fraction of sp³-hybridized carbons (Fsp3) is 0.650. The highest BCUT2D eigenvalue weighted by atomic mass is 127. The average Bonchev–Trinajstić information content (AvgIpc) is 3.30. The van der Waals surface area contributed by atoms with Crippen molar-refractivity contribution in [2.24, 2.45) is 10.4 Å². The van der Waals surface area contributed by atoms with Gasteiger partial charge in [0.1, 0.15) is 0 Å². The number of aliphatic imine (C=N–C) groups is 1. The Kier molecular flexibility index (Phi) is 9.19. The van der Waals surface area contributed by atoms with Gasteiger partial charge in [-0.25, -0.2) is 4.99 Å². The van der Waals surface area contributed by atoms with Gasteiger partial charge in [0.2, 0.25) is 0 Å². The molecule has 0 saturated carbocycles. The molecule has 9 heteroatoms. The van der Waals surface area contributed by atoms with Crippen LogP contribution in [0.15, 0.2) is 23.2 Å². The highest BCUT2D eigenvalue weighted by molar-refractivity contribution is 14.0. The van der Waals surface area contributed by atoms with Crippen LogP contribution < -0.4 is 14.8 Å². The van der Waals surface area contributed by atoms with Crippen molar-refractivity contribution < 1.29 is 23.0 Å². The lowest BCUT2D eigenvalue weighted by Crippen LogP contribution is -2.41. The van der Waals surface area contributed by atoms with E-state index in [1.807, 2.05) is 6.92 Å². The standard InChI is InChI=1S/C20H29F2N3O3.HI/c1-3-23-19(25-9-7-20(13-25)8-10-26-14-20)24-12-15-5-6-16(28-18(21)22)17(11-15)27-4-2;/h5-6,11,18H,3-4,7-10,12-14H2,1-2H3,(H,23,24);1H. The number of halogens is 3. The molecule has 164 valence electrons. The SMILES string of the molecule is CCNC(=NCc1ccc(OC(F)F)c(OCC)c1)N1CCC2(CCOC2)C1.I. The summed E-state index contributed by atoms with van der Waals surface area (Å²) in [5.74, 6) is 1.22. The van der Waals surface area contributed by atoms with Gasteiger partial charge in [0, 0.05) is 31.7 Å². The molecule has 2 fully saturated rings. The van der Waals surface area contributed by atoms with Crippen molar-refractivity contribution >= 4 is 29.9 Å². The van der Waals surface area contributed by atoms with Gasteiger partial charge in [0.05, 0.1) is 19.8 Å². The maximum atomic E-state index is 12.6. The molecule has 1 aromatic carbocycles. The summed E-state index contributed by atoms with van der Waals surface area (Å²) in [5, 5.41) is 3.36. The largest absolute Gasteiger partial charge is 0.490 e. The van der Waals surface area contributed by atoms with Crippen molar-refractivity contribution in [3.63, 3.8) is 0 Å². The van der Waals surface area contributed by atoms with Gasteiger partial charge >= 0.3 is 6.61 Å². The molecule has 2 heterocycles. The molecule has 2 aliphatic heterocycles. The van der Waals surface area contributed by atoms with Crippen LogP contribution in [0, 0.1) is 5.41 Å². The van der Waals surface area contributed by atoms with E-state index in [9.17, 15) is 8.78 Å².